The Bertz CT molecular complexity index is 1280. The maximum Gasteiger partial charge on any atom is 0.341 e. The zero-order valence-electron chi connectivity index (χ0n) is 17.4. The second-order valence-electron chi connectivity index (χ2n) is 7.82. The lowest BCUT2D eigenvalue weighted by molar-refractivity contribution is -0.0398. The van der Waals surface area contributed by atoms with Crippen LogP contribution >= 0.6 is 11.3 Å². The smallest absolute Gasteiger partial charge is 0.341 e. The number of aromatic carboxylic acids is 1. The van der Waals surface area contributed by atoms with Gasteiger partial charge in [0.25, 0.3) is 0 Å². The van der Waals surface area contributed by atoms with Crippen LogP contribution in [-0.4, -0.2) is 63.7 Å². The number of ether oxygens (including phenoxy) is 1. The van der Waals surface area contributed by atoms with E-state index < -0.39 is 22.8 Å². The summed E-state index contributed by atoms with van der Waals surface area (Å²) >= 11 is 1.24. The molecule has 0 amide bonds. The number of carbonyl (C=O) groups is 1. The summed E-state index contributed by atoms with van der Waals surface area (Å²) < 4.78 is 21.9. The molecule has 2 aliphatic rings. The Morgan fingerprint density at radius 2 is 2.24 bits per heavy atom. The number of aromatic nitrogens is 3. The minimum atomic E-state index is -1.40. The van der Waals surface area contributed by atoms with Crippen molar-refractivity contribution < 1.29 is 23.9 Å². The van der Waals surface area contributed by atoms with E-state index >= 15 is 0 Å². The van der Waals surface area contributed by atoms with Crippen molar-refractivity contribution in [1.29, 1.82) is 0 Å². The normalized spacial score (nSPS) is 18.3. The zero-order chi connectivity index (χ0) is 22.9. The molecule has 3 aromatic rings. The summed E-state index contributed by atoms with van der Waals surface area (Å²) in [6.07, 6.45) is 5.91. The highest BCUT2D eigenvalue weighted by atomic mass is 32.1. The van der Waals surface area contributed by atoms with Crippen LogP contribution in [0.5, 0.6) is 0 Å². The van der Waals surface area contributed by atoms with Crippen molar-refractivity contribution in [2.75, 3.05) is 31.2 Å². The lowest BCUT2D eigenvalue weighted by atomic mass is 10.1. The molecule has 0 spiro atoms. The highest BCUT2D eigenvalue weighted by Gasteiger charge is 2.29. The van der Waals surface area contributed by atoms with Crippen molar-refractivity contribution in [2.45, 2.75) is 25.4 Å². The molecule has 12 heteroatoms. The van der Waals surface area contributed by atoms with Gasteiger partial charge in [-0.2, -0.15) is 0 Å². The van der Waals surface area contributed by atoms with E-state index in [1.807, 2.05) is 0 Å². The topological polar surface area (TPSA) is 119 Å². The van der Waals surface area contributed by atoms with Gasteiger partial charge in [-0.05, 0) is 25.3 Å². The average molecular weight is 473 g/mol. The molecule has 3 aromatic heterocycles. The van der Waals surface area contributed by atoms with Crippen LogP contribution in [0, 0.1) is 5.82 Å². The molecule has 1 atom stereocenters. The van der Waals surface area contributed by atoms with Gasteiger partial charge in [0.1, 0.15) is 12.2 Å². The van der Waals surface area contributed by atoms with E-state index in [1.165, 1.54) is 22.1 Å². The largest absolute Gasteiger partial charge is 0.477 e. The van der Waals surface area contributed by atoms with Crippen molar-refractivity contribution in [2.24, 2.45) is 5.16 Å². The van der Waals surface area contributed by atoms with Gasteiger partial charge in [0.2, 0.25) is 5.43 Å². The van der Waals surface area contributed by atoms with Gasteiger partial charge >= 0.3 is 5.97 Å². The SMILES string of the molecule is O=C(O)c1cn(-c2nccs2)c2nc(N3CC(=NOC[C@@H]4CCCCO4)C3)c(F)cc2c1=O. The number of carboxylic acids is 1. The standard InChI is InChI=1S/C21H20FN5O5S/c22-16-7-14-17(28)15(20(29)30)10-27(21-23-4-6-33-21)18(14)24-19(16)26-8-12(9-26)25-32-11-13-3-1-2-5-31-13/h4,6-7,10,13H,1-3,5,8-9,11H2,(H,29,30)/t13-/m0/s1. The monoisotopic (exact) mass is 473 g/mol. The predicted molar refractivity (Wildman–Crippen MR) is 119 cm³/mol. The third-order valence-electron chi connectivity index (χ3n) is 5.54. The summed E-state index contributed by atoms with van der Waals surface area (Å²) in [5.74, 6) is -2.08. The number of nitrogens with zero attached hydrogens (tertiary/aromatic N) is 5. The molecule has 0 saturated carbocycles. The van der Waals surface area contributed by atoms with Crippen LogP contribution in [0.3, 0.4) is 0 Å². The number of hydrogen-bond acceptors (Lipinski definition) is 9. The van der Waals surface area contributed by atoms with Gasteiger partial charge in [-0.25, -0.2) is 19.2 Å². The Hall–Kier alpha value is -3.38. The molecule has 1 N–H and O–H groups in total. The van der Waals surface area contributed by atoms with Crippen LogP contribution in [0.25, 0.3) is 16.2 Å². The van der Waals surface area contributed by atoms with Gasteiger partial charge in [0, 0.05) is 24.4 Å². The molecule has 33 heavy (non-hydrogen) atoms. The molecular weight excluding hydrogens is 453 g/mol. The van der Waals surface area contributed by atoms with Gasteiger partial charge < -0.3 is 19.6 Å². The van der Waals surface area contributed by atoms with Crippen LogP contribution in [0.15, 0.2) is 33.8 Å². The quantitative estimate of drug-likeness (QED) is 0.542. The number of fused-ring (bicyclic) bond motifs is 1. The molecule has 0 unspecified atom stereocenters. The van der Waals surface area contributed by atoms with E-state index in [0.29, 0.717) is 24.8 Å². The van der Waals surface area contributed by atoms with Crippen LogP contribution < -0.4 is 10.3 Å². The number of pyridine rings is 2. The number of carboxylic acid groups (broad SMARTS) is 1. The second-order valence-corrected chi connectivity index (χ2v) is 8.70. The van der Waals surface area contributed by atoms with Gasteiger partial charge in [0.15, 0.2) is 22.4 Å². The molecule has 0 radical (unpaired) electrons. The van der Waals surface area contributed by atoms with E-state index in [0.717, 1.165) is 37.6 Å². The molecule has 2 saturated heterocycles. The van der Waals surface area contributed by atoms with Crippen LogP contribution in [0.1, 0.15) is 29.6 Å². The molecule has 5 rings (SSSR count). The molecule has 10 nitrogen and oxygen atoms in total. The molecule has 0 aliphatic carbocycles. The summed E-state index contributed by atoms with van der Waals surface area (Å²) in [6, 6.07) is 1.03. The first kappa shape index (κ1) is 21.5. The highest BCUT2D eigenvalue weighted by Crippen LogP contribution is 2.26. The lowest BCUT2D eigenvalue weighted by Gasteiger charge is -2.33. The zero-order valence-corrected chi connectivity index (χ0v) is 18.3. The molecule has 0 bridgehead atoms. The van der Waals surface area contributed by atoms with Gasteiger partial charge in [0.05, 0.1) is 30.3 Å². The fourth-order valence-electron chi connectivity index (χ4n) is 3.82. The predicted octanol–water partition coefficient (Wildman–Crippen LogP) is 2.44. The van der Waals surface area contributed by atoms with Crippen molar-refractivity contribution in [3.8, 4) is 5.13 Å². The Kier molecular flexibility index (Phi) is 5.77. The van der Waals surface area contributed by atoms with Gasteiger partial charge in [-0.1, -0.05) is 5.16 Å². The van der Waals surface area contributed by atoms with Gasteiger partial charge in [-0.15, -0.1) is 11.3 Å². The number of anilines is 1. The molecular formula is C21H20FN5O5S. The van der Waals surface area contributed by atoms with E-state index in [4.69, 9.17) is 9.57 Å². The van der Waals surface area contributed by atoms with E-state index in [1.54, 1.807) is 16.5 Å². The second kappa shape index (κ2) is 8.87. The minimum Gasteiger partial charge on any atom is -0.477 e. The first-order valence-corrected chi connectivity index (χ1v) is 11.3. The summed E-state index contributed by atoms with van der Waals surface area (Å²) in [4.78, 5) is 39.8. The average Bonchev–Trinajstić information content (AvgIpc) is 3.31. The van der Waals surface area contributed by atoms with E-state index in [-0.39, 0.29) is 23.0 Å². The number of thiazole rings is 1. The summed E-state index contributed by atoms with van der Waals surface area (Å²) in [5, 5.41) is 15.5. The lowest BCUT2D eigenvalue weighted by Crippen LogP contribution is -2.48. The molecule has 0 aromatic carbocycles. The minimum absolute atomic E-state index is 0.0462. The Morgan fingerprint density at radius 1 is 1.39 bits per heavy atom. The van der Waals surface area contributed by atoms with Crippen molar-refractivity contribution in [3.63, 3.8) is 0 Å². The van der Waals surface area contributed by atoms with Crippen molar-refractivity contribution in [3.05, 3.63) is 45.4 Å². The number of rotatable bonds is 6. The van der Waals surface area contributed by atoms with Crippen LogP contribution in [0.2, 0.25) is 0 Å². The Balaban J connectivity index is 1.41. The van der Waals surface area contributed by atoms with Gasteiger partial charge in [-0.3, -0.25) is 9.36 Å². The molecule has 2 fully saturated rings. The molecule has 2 aliphatic heterocycles. The first-order chi connectivity index (χ1) is 16.0. The van der Waals surface area contributed by atoms with Crippen molar-refractivity contribution in [1.82, 2.24) is 14.5 Å². The summed E-state index contributed by atoms with van der Waals surface area (Å²) in [5.41, 5.74) is -0.408. The Labute approximate surface area is 190 Å². The number of oxime groups is 1. The number of hydrogen-bond donors (Lipinski definition) is 1. The highest BCUT2D eigenvalue weighted by molar-refractivity contribution is 7.12. The summed E-state index contributed by atoms with van der Waals surface area (Å²) in [6.45, 7) is 1.79. The maximum atomic E-state index is 14.9. The van der Waals surface area contributed by atoms with Crippen molar-refractivity contribution >= 4 is 39.9 Å². The molecule has 5 heterocycles. The first-order valence-electron chi connectivity index (χ1n) is 10.4. The maximum absolute atomic E-state index is 14.9. The fourth-order valence-corrected chi connectivity index (χ4v) is 4.44. The van der Waals surface area contributed by atoms with Crippen LogP contribution in [0.4, 0.5) is 10.2 Å². The summed E-state index contributed by atoms with van der Waals surface area (Å²) in [7, 11) is 0. The third kappa shape index (κ3) is 4.18. The van der Waals surface area contributed by atoms with Crippen LogP contribution in [-0.2, 0) is 9.57 Å². The fraction of sp³-hybridized carbons (Fsp3) is 0.381. The number of halogens is 1. The van der Waals surface area contributed by atoms with E-state index in [9.17, 15) is 19.1 Å². The van der Waals surface area contributed by atoms with E-state index in [2.05, 4.69) is 15.1 Å². The third-order valence-corrected chi connectivity index (χ3v) is 6.31. The molecule has 172 valence electrons. The Morgan fingerprint density at radius 3 is 2.94 bits per heavy atom.